The van der Waals surface area contributed by atoms with Crippen LogP contribution in [-0.2, 0) is 9.59 Å². The Morgan fingerprint density at radius 2 is 2.15 bits per heavy atom. The van der Waals surface area contributed by atoms with E-state index in [-0.39, 0.29) is 17.9 Å². The summed E-state index contributed by atoms with van der Waals surface area (Å²) >= 11 is 1.46. The number of aryl methyl sites for hydroxylation is 1. The van der Waals surface area contributed by atoms with E-state index in [1.807, 2.05) is 32.0 Å². The highest BCUT2D eigenvalue weighted by molar-refractivity contribution is 8.00. The number of aliphatic carboxylic acids is 1. The summed E-state index contributed by atoms with van der Waals surface area (Å²) in [5, 5.41) is 9.00. The Kier molecular flexibility index (Phi) is 4.54. The lowest BCUT2D eigenvalue weighted by molar-refractivity contribution is -0.149. The molecule has 6 heteroatoms. The third-order valence-electron chi connectivity index (χ3n) is 3.24. The fourth-order valence-electron chi connectivity index (χ4n) is 2.14. The number of ether oxygens (including phenoxy) is 1. The minimum atomic E-state index is -0.967. The third-order valence-corrected chi connectivity index (χ3v) is 4.46. The van der Waals surface area contributed by atoms with E-state index in [1.54, 1.807) is 6.07 Å². The van der Waals surface area contributed by atoms with E-state index in [9.17, 15) is 9.59 Å². The lowest BCUT2D eigenvalue weighted by atomic mass is 10.2. The fraction of sp³-hybridized carbons (Fsp3) is 0.429. The van der Waals surface area contributed by atoms with E-state index in [2.05, 4.69) is 0 Å². The van der Waals surface area contributed by atoms with Crippen molar-refractivity contribution in [2.24, 2.45) is 0 Å². The van der Waals surface area contributed by atoms with Gasteiger partial charge in [-0.2, -0.15) is 0 Å². The van der Waals surface area contributed by atoms with Crippen LogP contribution < -0.4 is 4.74 Å². The number of amides is 1. The van der Waals surface area contributed by atoms with Gasteiger partial charge in [-0.25, -0.2) is 4.79 Å². The van der Waals surface area contributed by atoms with Gasteiger partial charge in [-0.3, -0.25) is 4.79 Å². The maximum atomic E-state index is 12.2. The van der Waals surface area contributed by atoms with Crippen LogP contribution in [0.4, 0.5) is 0 Å². The molecule has 20 heavy (non-hydrogen) atoms. The van der Waals surface area contributed by atoms with E-state index in [4.69, 9.17) is 9.84 Å². The number of nitrogens with zero attached hydrogens (tertiary/aromatic N) is 1. The topological polar surface area (TPSA) is 66.8 Å². The van der Waals surface area contributed by atoms with E-state index in [0.29, 0.717) is 11.5 Å². The molecule has 108 valence electrons. The van der Waals surface area contributed by atoms with Crippen molar-refractivity contribution >= 4 is 23.6 Å². The molecule has 1 aromatic carbocycles. The second kappa shape index (κ2) is 6.17. The summed E-state index contributed by atoms with van der Waals surface area (Å²) in [7, 11) is 0. The number of carboxylic acid groups (broad SMARTS) is 1. The summed E-state index contributed by atoms with van der Waals surface area (Å²) in [6.45, 7) is 3.59. The number of carbonyl (C=O) groups excluding carboxylic acids is 1. The van der Waals surface area contributed by atoms with Gasteiger partial charge in [-0.1, -0.05) is 18.2 Å². The van der Waals surface area contributed by atoms with E-state index in [0.717, 1.165) is 5.56 Å². The first-order chi connectivity index (χ1) is 9.50. The monoisotopic (exact) mass is 295 g/mol. The molecule has 0 bridgehead atoms. The van der Waals surface area contributed by atoms with Gasteiger partial charge in [0.1, 0.15) is 11.8 Å². The van der Waals surface area contributed by atoms with Crippen LogP contribution in [-0.4, -0.2) is 45.7 Å². The number of hydrogen-bond acceptors (Lipinski definition) is 4. The van der Waals surface area contributed by atoms with Crippen molar-refractivity contribution in [3.63, 3.8) is 0 Å². The molecule has 2 atom stereocenters. The lowest BCUT2D eigenvalue weighted by Crippen LogP contribution is -2.46. The molecule has 0 aromatic heterocycles. The molecule has 1 fully saturated rings. The standard InChI is InChI=1S/C14H17NO4S/c1-9-5-3-4-6-12(9)19-7-13(16)15-10(2)20-8-11(15)14(17)18/h3-6,10-11H,7-8H2,1-2H3,(H,17,18). The van der Waals surface area contributed by atoms with Crippen LogP contribution in [0, 0.1) is 6.92 Å². The smallest absolute Gasteiger partial charge is 0.327 e. The molecular weight excluding hydrogens is 278 g/mol. The molecular formula is C14H17NO4S. The number of carbonyl (C=O) groups is 2. The van der Waals surface area contributed by atoms with Crippen LogP contribution in [0.5, 0.6) is 5.75 Å². The highest BCUT2D eigenvalue weighted by Crippen LogP contribution is 2.29. The van der Waals surface area contributed by atoms with Crippen molar-refractivity contribution in [1.29, 1.82) is 0 Å². The van der Waals surface area contributed by atoms with Crippen molar-refractivity contribution in [2.45, 2.75) is 25.3 Å². The Labute approximate surface area is 121 Å². The summed E-state index contributed by atoms with van der Waals surface area (Å²) < 4.78 is 5.49. The summed E-state index contributed by atoms with van der Waals surface area (Å²) in [6, 6.07) is 6.65. The highest BCUT2D eigenvalue weighted by atomic mass is 32.2. The number of carboxylic acids is 1. The highest BCUT2D eigenvalue weighted by Gasteiger charge is 2.39. The molecule has 1 heterocycles. The second-order valence-corrected chi connectivity index (χ2v) is 5.99. The van der Waals surface area contributed by atoms with E-state index >= 15 is 0 Å². The van der Waals surface area contributed by atoms with Crippen molar-refractivity contribution in [3.05, 3.63) is 29.8 Å². The van der Waals surface area contributed by atoms with Gasteiger partial charge in [0.2, 0.25) is 0 Å². The Morgan fingerprint density at radius 1 is 1.45 bits per heavy atom. The molecule has 0 radical (unpaired) electrons. The van der Waals surface area contributed by atoms with Gasteiger partial charge in [0.05, 0.1) is 5.37 Å². The number of para-hydroxylation sites is 1. The van der Waals surface area contributed by atoms with Crippen LogP contribution in [0.25, 0.3) is 0 Å². The Bertz CT molecular complexity index is 520. The predicted octanol–water partition coefficient (Wildman–Crippen LogP) is 1.75. The van der Waals surface area contributed by atoms with Crippen LogP contribution in [0.2, 0.25) is 0 Å². The molecule has 5 nitrogen and oxygen atoms in total. The minimum absolute atomic E-state index is 0.135. The summed E-state index contributed by atoms with van der Waals surface area (Å²) in [4.78, 5) is 24.7. The summed E-state index contributed by atoms with van der Waals surface area (Å²) in [5.74, 6) is -0.191. The number of hydrogen-bond donors (Lipinski definition) is 1. The molecule has 0 saturated carbocycles. The zero-order valence-corrected chi connectivity index (χ0v) is 12.2. The van der Waals surface area contributed by atoms with E-state index in [1.165, 1.54) is 16.7 Å². The number of thioether (sulfide) groups is 1. The van der Waals surface area contributed by atoms with Crippen LogP contribution in [0.15, 0.2) is 24.3 Å². The molecule has 1 aliphatic rings. The first-order valence-corrected chi connectivity index (χ1v) is 7.39. The minimum Gasteiger partial charge on any atom is -0.483 e. The number of rotatable bonds is 4. The SMILES string of the molecule is Cc1ccccc1OCC(=O)N1C(C)SCC1C(=O)O. The van der Waals surface area contributed by atoms with Crippen molar-refractivity contribution < 1.29 is 19.4 Å². The predicted molar refractivity (Wildman–Crippen MR) is 76.9 cm³/mol. The average Bonchev–Trinajstić information content (AvgIpc) is 2.79. The Hall–Kier alpha value is -1.69. The lowest BCUT2D eigenvalue weighted by Gasteiger charge is -2.25. The molecule has 1 N–H and O–H groups in total. The zero-order valence-electron chi connectivity index (χ0n) is 11.4. The summed E-state index contributed by atoms with van der Waals surface area (Å²) in [6.07, 6.45) is 0. The summed E-state index contributed by atoms with van der Waals surface area (Å²) in [5.41, 5.74) is 0.943. The molecule has 0 spiro atoms. The molecule has 1 amide bonds. The molecule has 1 aliphatic heterocycles. The van der Waals surface area contributed by atoms with E-state index < -0.39 is 12.0 Å². The molecule has 0 aliphatic carbocycles. The van der Waals surface area contributed by atoms with Crippen molar-refractivity contribution in [1.82, 2.24) is 4.90 Å². The maximum Gasteiger partial charge on any atom is 0.327 e. The first-order valence-electron chi connectivity index (χ1n) is 6.34. The quantitative estimate of drug-likeness (QED) is 0.916. The van der Waals surface area contributed by atoms with Gasteiger partial charge >= 0.3 is 5.97 Å². The normalized spacial score (nSPS) is 21.8. The largest absolute Gasteiger partial charge is 0.483 e. The second-order valence-electron chi connectivity index (χ2n) is 4.64. The van der Waals surface area contributed by atoms with Gasteiger partial charge < -0.3 is 14.7 Å². The van der Waals surface area contributed by atoms with Gasteiger partial charge in [-0.05, 0) is 25.5 Å². The average molecular weight is 295 g/mol. The van der Waals surface area contributed by atoms with Crippen LogP contribution >= 0.6 is 11.8 Å². The van der Waals surface area contributed by atoms with Crippen molar-refractivity contribution in [3.8, 4) is 5.75 Å². The molecule has 1 saturated heterocycles. The first kappa shape index (κ1) is 14.7. The van der Waals surface area contributed by atoms with Crippen molar-refractivity contribution in [2.75, 3.05) is 12.4 Å². The van der Waals surface area contributed by atoms with Gasteiger partial charge in [0.15, 0.2) is 6.61 Å². The number of benzene rings is 1. The Balaban J connectivity index is 2.01. The zero-order chi connectivity index (χ0) is 14.7. The van der Waals surface area contributed by atoms with Crippen LogP contribution in [0.3, 0.4) is 0 Å². The van der Waals surface area contributed by atoms with Crippen LogP contribution in [0.1, 0.15) is 12.5 Å². The van der Waals surface area contributed by atoms with Gasteiger partial charge in [-0.15, -0.1) is 11.8 Å². The fourth-order valence-corrected chi connectivity index (χ4v) is 3.33. The van der Waals surface area contributed by atoms with Gasteiger partial charge in [0.25, 0.3) is 5.91 Å². The van der Waals surface area contributed by atoms with Gasteiger partial charge in [0, 0.05) is 5.75 Å². The molecule has 2 unspecified atom stereocenters. The Morgan fingerprint density at radius 3 is 2.80 bits per heavy atom. The third kappa shape index (κ3) is 3.07. The molecule has 1 aromatic rings. The maximum absolute atomic E-state index is 12.2. The molecule has 2 rings (SSSR count).